The van der Waals surface area contributed by atoms with E-state index in [1.165, 1.54) is 7.11 Å². The number of oxime groups is 1. The molecule has 7 heteroatoms. The molecule has 0 atom stereocenters. The zero-order chi connectivity index (χ0) is 13.0. The number of hydrogen-bond acceptors (Lipinski definition) is 5. The Hall–Kier alpha value is -2.31. The largest absolute Gasteiger partial charge is 0.495 e. The molecule has 0 aliphatic carbocycles. The van der Waals surface area contributed by atoms with Crippen LogP contribution in [0.1, 0.15) is 15.9 Å². The van der Waals surface area contributed by atoms with Gasteiger partial charge in [-0.25, -0.2) is 9.18 Å². The van der Waals surface area contributed by atoms with E-state index in [1.54, 1.807) is 0 Å². The predicted octanol–water partition coefficient (Wildman–Crippen LogP) is 0.715. The first-order valence-corrected chi connectivity index (χ1v) is 4.48. The highest BCUT2D eigenvalue weighted by molar-refractivity contribution is 6.04. The summed E-state index contributed by atoms with van der Waals surface area (Å²) in [5, 5.41) is 11.3. The number of hydrogen-bond donors (Lipinski definition) is 2. The summed E-state index contributed by atoms with van der Waals surface area (Å²) in [5.74, 6) is -1.90. The molecule has 0 aliphatic rings. The van der Waals surface area contributed by atoms with Gasteiger partial charge in [-0.15, -0.1) is 0 Å². The normalized spacial score (nSPS) is 11.1. The smallest absolute Gasteiger partial charge is 0.341 e. The molecule has 0 aliphatic heterocycles. The lowest BCUT2D eigenvalue weighted by Crippen LogP contribution is -2.17. The van der Waals surface area contributed by atoms with E-state index in [4.69, 9.17) is 15.7 Å². The van der Waals surface area contributed by atoms with Crippen molar-refractivity contribution in [2.75, 3.05) is 14.2 Å². The topological polar surface area (TPSA) is 94.1 Å². The van der Waals surface area contributed by atoms with Crippen LogP contribution in [0, 0.1) is 5.82 Å². The zero-order valence-electron chi connectivity index (χ0n) is 9.23. The Morgan fingerprint density at radius 2 is 2.00 bits per heavy atom. The molecule has 0 heterocycles. The van der Waals surface area contributed by atoms with Crippen LogP contribution >= 0.6 is 0 Å². The standard InChI is InChI=1S/C10H11FN2O4/c1-16-8-6(9(12)13-15)3-5(11)4-7(8)10(14)17-2/h3-4,15H,1-2H3,(H2,12,13). The Labute approximate surface area is 96.4 Å². The molecular formula is C10H11FN2O4. The maximum absolute atomic E-state index is 13.3. The van der Waals surface area contributed by atoms with Gasteiger partial charge in [-0.2, -0.15) is 0 Å². The number of ether oxygens (including phenoxy) is 2. The first-order chi connectivity index (χ1) is 8.04. The third-order valence-corrected chi connectivity index (χ3v) is 2.05. The molecule has 92 valence electrons. The van der Waals surface area contributed by atoms with Crippen molar-refractivity contribution in [1.82, 2.24) is 0 Å². The van der Waals surface area contributed by atoms with Gasteiger partial charge < -0.3 is 20.4 Å². The Kier molecular flexibility index (Phi) is 3.86. The van der Waals surface area contributed by atoms with Crippen LogP contribution in [-0.2, 0) is 4.74 Å². The Morgan fingerprint density at radius 1 is 1.41 bits per heavy atom. The van der Waals surface area contributed by atoms with E-state index in [0.29, 0.717) is 0 Å². The average molecular weight is 242 g/mol. The quantitative estimate of drug-likeness (QED) is 0.268. The SMILES string of the molecule is COC(=O)c1cc(F)cc(C(N)=NO)c1OC. The third kappa shape index (κ3) is 2.44. The number of nitrogens with two attached hydrogens (primary N) is 1. The van der Waals surface area contributed by atoms with Crippen molar-refractivity contribution in [3.05, 3.63) is 29.1 Å². The van der Waals surface area contributed by atoms with Crippen LogP contribution in [0.2, 0.25) is 0 Å². The monoisotopic (exact) mass is 242 g/mol. The number of nitrogens with zero attached hydrogens (tertiary/aromatic N) is 1. The number of methoxy groups -OCH3 is 2. The number of carbonyl (C=O) groups excluding carboxylic acids is 1. The van der Waals surface area contributed by atoms with Gasteiger partial charge in [-0.05, 0) is 12.1 Å². The van der Waals surface area contributed by atoms with Gasteiger partial charge in [0, 0.05) is 0 Å². The molecule has 0 fully saturated rings. The second-order valence-electron chi connectivity index (χ2n) is 3.01. The van der Waals surface area contributed by atoms with Crippen LogP contribution < -0.4 is 10.5 Å². The lowest BCUT2D eigenvalue weighted by molar-refractivity contribution is 0.0596. The molecule has 0 saturated heterocycles. The number of benzene rings is 1. The minimum atomic E-state index is -0.784. The van der Waals surface area contributed by atoms with Crippen molar-refractivity contribution < 1.29 is 23.9 Å². The fourth-order valence-electron chi connectivity index (χ4n) is 1.32. The molecular weight excluding hydrogens is 231 g/mol. The van der Waals surface area contributed by atoms with E-state index >= 15 is 0 Å². The maximum atomic E-state index is 13.3. The molecule has 1 rings (SSSR count). The summed E-state index contributed by atoms with van der Waals surface area (Å²) >= 11 is 0. The molecule has 0 amide bonds. The van der Waals surface area contributed by atoms with E-state index in [2.05, 4.69) is 9.89 Å². The highest BCUT2D eigenvalue weighted by Crippen LogP contribution is 2.26. The molecule has 17 heavy (non-hydrogen) atoms. The summed E-state index contributed by atoms with van der Waals surface area (Å²) in [6.07, 6.45) is 0. The molecule has 0 unspecified atom stereocenters. The number of rotatable bonds is 3. The van der Waals surface area contributed by atoms with Gasteiger partial charge in [0.25, 0.3) is 0 Å². The number of amidine groups is 1. The number of esters is 1. The average Bonchev–Trinajstić information content (AvgIpc) is 2.35. The van der Waals surface area contributed by atoms with Crippen LogP contribution in [0.4, 0.5) is 4.39 Å². The van der Waals surface area contributed by atoms with Crippen molar-refractivity contribution in [1.29, 1.82) is 0 Å². The first kappa shape index (κ1) is 12.8. The second-order valence-corrected chi connectivity index (χ2v) is 3.01. The molecule has 6 nitrogen and oxygen atoms in total. The summed E-state index contributed by atoms with van der Waals surface area (Å²) in [4.78, 5) is 11.4. The molecule has 0 aromatic heterocycles. The fraction of sp³-hybridized carbons (Fsp3) is 0.200. The van der Waals surface area contributed by atoms with E-state index in [-0.39, 0.29) is 22.7 Å². The van der Waals surface area contributed by atoms with Gasteiger partial charge in [0.2, 0.25) is 0 Å². The van der Waals surface area contributed by atoms with Gasteiger partial charge in [-0.1, -0.05) is 5.16 Å². The maximum Gasteiger partial charge on any atom is 0.341 e. The van der Waals surface area contributed by atoms with Gasteiger partial charge >= 0.3 is 5.97 Å². The van der Waals surface area contributed by atoms with E-state index in [1.807, 2.05) is 0 Å². The summed E-state index contributed by atoms with van der Waals surface area (Å²) in [7, 11) is 2.42. The highest BCUT2D eigenvalue weighted by atomic mass is 19.1. The van der Waals surface area contributed by atoms with Crippen LogP contribution in [0.15, 0.2) is 17.3 Å². The van der Waals surface area contributed by atoms with Crippen molar-refractivity contribution in [3.8, 4) is 5.75 Å². The molecule has 3 N–H and O–H groups in total. The molecule has 1 aromatic rings. The molecule has 0 bridgehead atoms. The van der Waals surface area contributed by atoms with Crippen molar-refractivity contribution in [3.63, 3.8) is 0 Å². The van der Waals surface area contributed by atoms with Crippen LogP contribution in [-0.4, -0.2) is 31.2 Å². The lowest BCUT2D eigenvalue weighted by atomic mass is 10.1. The number of halogens is 1. The third-order valence-electron chi connectivity index (χ3n) is 2.05. The zero-order valence-corrected chi connectivity index (χ0v) is 9.23. The lowest BCUT2D eigenvalue weighted by Gasteiger charge is -2.11. The summed E-state index contributed by atoms with van der Waals surface area (Å²) < 4.78 is 22.7. The Morgan fingerprint density at radius 3 is 2.47 bits per heavy atom. The second kappa shape index (κ2) is 5.15. The molecule has 0 radical (unpaired) electrons. The highest BCUT2D eigenvalue weighted by Gasteiger charge is 2.20. The Bertz CT molecular complexity index is 474. The minimum Gasteiger partial charge on any atom is -0.495 e. The summed E-state index contributed by atoms with van der Waals surface area (Å²) in [5.41, 5.74) is 5.18. The van der Waals surface area contributed by atoms with E-state index in [9.17, 15) is 9.18 Å². The van der Waals surface area contributed by atoms with E-state index in [0.717, 1.165) is 19.2 Å². The van der Waals surface area contributed by atoms with Crippen LogP contribution in [0.3, 0.4) is 0 Å². The van der Waals surface area contributed by atoms with Gasteiger partial charge in [0.15, 0.2) is 5.84 Å². The molecule has 0 spiro atoms. The van der Waals surface area contributed by atoms with Gasteiger partial charge in [-0.3, -0.25) is 0 Å². The molecule has 0 saturated carbocycles. The fourth-order valence-corrected chi connectivity index (χ4v) is 1.32. The minimum absolute atomic E-state index is 0.0199. The Balaban J connectivity index is 3.51. The van der Waals surface area contributed by atoms with Crippen LogP contribution in [0.5, 0.6) is 5.75 Å². The molecule has 1 aromatic carbocycles. The number of carbonyl (C=O) groups is 1. The van der Waals surface area contributed by atoms with Crippen molar-refractivity contribution in [2.24, 2.45) is 10.9 Å². The predicted molar refractivity (Wildman–Crippen MR) is 56.8 cm³/mol. The summed E-state index contributed by atoms with van der Waals surface area (Å²) in [6.45, 7) is 0. The summed E-state index contributed by atoms with van der Waals surface area (Å²) in [6, 6.07) is 1.93. The van der Waals surface area contributed by atoms with Gasteiger partial charge in [0.1, 0.15) is 17.1 Å². The first-order valence-electron chi connectivity index (χ1n) is 4.48. The van der Waals surface area contributed by atoms with E-state index < -0.39 is 11.8 Å². The van der Waals surface area contributed by atoms with Crippen molar-refractivity contribution >= 4 is 11.8 Å². The van der Waals surface area contributed by atoms with Crippen LogP contribution in [0.25, 0.3) is 0 Å². The van der Waals surface area contributed by atoms with Crippen molar-refractivity contribution in [2.45, 2.75) is 0 Å². The van der Waals surface area contributed by atoms with Gasteiger partial charge in [0.05, 0.1) is 19.8 Å².